The second-order valence-corrected chi connectivity index (χ2v) is 5.98. The van der Waals surface area contributed by atoms with E-state index in [0.717, 1.165) is 13.0 Å². The quantitative estimate of drug-likeness (QED) is 0.852. The largest absolute Gasteiger partial charge is 0.351 e. The molecule has 0 aliphatic rings. The van der Waals surface area contributed by atoms with Crippen molar-refractivity contribution < 1.29 is 9.18 Å². The fraction of sp³-hybridized carbons (Fsp3) is 0.316. The number of hydrogen-bond acceptors (Lipinski definition) is 2. The van der Waals surface area contributed by atoms with Gasteiger partial charge in [-0.2, -0.15) is 0 Å². The lowest BCUT2D eigenvalue weighted by molar-refractivity contribution is -0.121. The van der Waals surface area contributed by atoms with E-state index >= 15 is 0 Å². The monoisotopic (exact) mass is 314 g/mol. The van der Waals surface area contributed by atoms with E-state index in [4.69, 9.17) is 0 Å². The van der Waals surface area contributed by atoms with Crippen molar-refractivity contribution in [2.45, 2.75) is 18.9 Å². The Morgan fingerprint density at radius 2 is 1.74 bits per heavy atom. The molecule has 0 saturated carbocycles. The van der Waals surface area contributed by atoms with E-state index in [1.807, 2.05) is 49.3 Å². The van der Waals surface area contributed by atoms with Crippen LogP contribution >= 0.6 is 0 Å². The molecule has 2 aromatic carbocycles. The molecule has 0 aromatic heterocycles. The molecule has 0 saturated heterocycles. The second-order valence-electron chi connectivity index (χ2n) is 5.98. The van der Waals surface area contributed by atoms with Gasteiger partial charge in [-0.15, -0.1) is 0 Å². The Bertz CT molecular complexity index is 628. The van der Waals surface area contributed by atoms with Gasteiger partial charge in [-0.3, -0.25) is 4.79 Å². The molecule has 1 unspecified atom stereocenters. The van der Waals surface area contributed by atoms with Crippen LogP contribution in [0.2, 0.25) is 0 Å². The van der Waals surface area contributed by atoms with Gasteiger partial charge in [0.2, 0.25) is 5.91 Å². The Morgan fingerprint density at radius 3 is 2.39 bits per heavy atom. The van der Waals surface area contributed by atoms with Crippen molar-refractivity contribution in [2.24, 2.45) is 0 Å². The van der Waals surface area contributed by atoms with Crippen LogP contribution in [-0.4, -0.2) is 37.5 Å². The number of nitrogens with zero attached hydrogens (tertiary/aromatic N) is 1. The molecule has 0 spiro atoms. The third-order valence-electron chi connectivity index (χ3n) is 3.58. The van der Waals surface area contributed by atoms with Gasteiger partial charge in [-0.25, -0.2) is 4.39 Å². The van der Waals surface area contributed by atoms with Crippen molar-refractivity contribution >= 4 is 5.91 Å². The Labute approximate surface area is 137 Å². The van der Waals surface area contributed by atoms with Gasteiger partial charge in [0.25, 0.3) is 0 Å². The van der Waals surface area contributed by atoms with Crippen LogP contribution in [0, 0.1) is 5.82 Å². The normalized spacial score (nSPS) is 12.2. The number of halogens is 1. The Kier molecular flexibility index (Phi) is 6.29. The smallest absolute Gasteiger partial charge is 0.224 e. The van der Waals surface area contributed by atoms with Crippen LogP contribution in [0.5, 0.6) is 0 Å². The summed E-state index contributed by atoms with van der Waals surface area (Å²) in [6.45, 7) is 0.734. The predicted molar refractivity (Wildman–Crippen MR) is 90.7 cm³/mol. The van der Waals surface area contributed by atoms with Crippen molar-refractivity contribution in [1.82, 2.24) is 10.2 Å². The van der Waals surface area contributed by atoms with Crippen LogP contribution in [0.1, 0.15) is 11.1 Å². The molecule has 0 aliphatic carbocycles. The zero-order valence-corrected chi connectivity index (χ0v) is 13.6. The summed E-state index contributed by atoms with van der Waals surface area (Å²) in [5, 5.41) is 3.03. The molecular formula is C19H23FN2O. The minimum atomic E-state index is -0.338. The highest BCUT2D eigenvalue weighted by atomic mass is 19.1. The summed E-state index contributed by atoms with van der Waals surface area (Å²) in [4.78, 5) is 14.3. The molecule has 4 heteroatoms. The topological polar surface area (TPSA) is 32.3 Å². The number of hydrogen-bond donors (Lipinski definition) is 1. The maximum absolute atomic E-state index is 13.7. The Balaban J connectivity index is 1.99. The lowest BCUT2D eigenvalue weighted by atomic mass is 10.0. The van der Waals surface area contributed by atoms with Crippen LogP contribution in [0.25, 0.3) is 0 Å². The summed E-state index contributed by atoms with van der Waals surface area (Å²) in [6.07, 6.45) is 0.813. The fourth-order valence-corrected chi connectivity index (χ4v) is 2.59. The fourth-order valence-electron chi connectivity index (χ4n) is 2.59. The first kappa shape index (κ1) is 17.2. The molecule has 1 atom stereocenters. The number of nitrogens with one attached hydrogen (secondary N) is 1. The van der Waals surface area contributed by atoms with Gasteiger partial charge in [-0.1, -0.05) is 48.5 Å². The molecule has 23 heavy (non-hydrogen) atoms. The van der Waals surface area contributed by atoms with E-state index in [1.165, 1.54) is 11.6 Å². The lowest BCUT2D eigenvalue weighted by Crippen LogP contribution is -2.43. The van der Waals surface area contributed by atoms with Gasteiger partial charge < -0.3 is 10.2 Å². The predicted octanol–water partition coefficient (Wildman–Crippen LogP) is 2.66. The van der Waals surface area contributed by atoms with E-state index in [-0.39, 0.29) is 24.2 Å². The van der Waals surface area contributed by atoms with Crippen LogP contribution in [0.4, 0.5) is 4.39 Å². The van der Waals surface area contributed by atoms with E-state index < -0.39 is 0 Å². The van der Waals surface area contributed by atoms with Crippen LogP contribution < -0.4 is 5.32 Å². The van der Waals surface area contributed by atoms with Gasteiger partial charge in [0.15, 0.2) is 0 Å². The molecule has 0 aliphatic heterocycles. The van der Waals surface area contributed by atoms with Crippen LogP contribution in [-0.2, 0) is 17.6 Å². The van der Waals surface area contributed by atoms with Gasteiger partial charge in [-0.05, 0) is 37.7 Å². The molecule has 122 valence electrons. The summed E-state index contributed by atoms with van der Waals surface area (Å²) in [5.41, 5.74) is 1.60. The minimum Gasteiger partial charge on any atom is -0.351 e. The molecule has 2 rings (SSSR count). The summed E-state index contributed by atoms with van der Waals surface area (Å²) < 4.78 is 13.7. The van der Waals surface area contributed by atoms with Crippen LogP contribution in [0.3, 0.4) is 0 Å². The Hall–Kier alpha value is -2.20. The van der Waals surface area contributed by atoms with Crippen LogP contribution in [0.15, 0.2) is 54.6 Å². The van der Waals surface area contributed by atoms with E-state index in [1.54, 1.807) is 18.2 Å². The summed E-state index contributed by atoms with van der Waals surface area (Å²) in [5.74, 6) is -0.493. The number of amides is 1. The lowest BCUT2D eigenvalue weighted by Gasteiger charge is -2.22. The van der Waals surface area contributed by atoms with Gasteiger partial charge >= 0.3 is 0 Å². The minimum absolute atomic E-state index is 0.00771. The Morgan fingerprint density at radius 1 is 1.09 bits per heavy atom. The number of carbonyl (C=O) groups is 1. The van der Waals surface area contributed by atoms with E-state index in [0.29, 0.717) is 5.56 Å². The standard InChI is InChI=1S/C19H23FN2O/c1-22(2)14-17(12-15-8-4-3-5-9-15)21-19(23)13-16-10-6-7-11-18(16)20/h3-11,17H,12-14H2,1-2H3,(H,21,23). The molecule has 3 nitrogen and oxygen atoms in total. The first-order valence-corrected chi connectivity index (χ1v) is 7.76. The highest BCUT2D eigenvalue weighted by Gasteiger charge is 2.15. The highest BCUT2D eigenvalue weighted by Crippen LogP contribution is 2.08. The molecule has 2 aromatic rings. The van der Waals surface area contributed by atoms with E-state index in [2.05, 4.69) is 5.32 Å². The van der Waals surface area contributed by atoms with Crippen molar-refractivity contribution in [2.75, 3.05) is 20.6 Å². The third-order valence-corrected chi connectivity index (χ3v) is 3.58. The van der Waals surface area contributed by atoms with Crippen molar-refractivity contribution in [3.8, 4) is 0 Å². The zero-order valence-electron chi connectivity index (χ0n) is 13.6. The molecule has 0 bridgehead atoms. The first-order chi connectivity index (χ1) is 11.0. The number of carbonyl (C=O) groups excluding carboxylic acids is 1. The summed E-state index contributed by atoms with van der Waals surface area (Å²) in [7, 11) is 3.95. The maximum Gasteiger partial charge on any atom is 0.224 e. The number of likely N-dealkylation sites (N-methyl/N-ethyl adjacent to an activating group) is 1. The molecule has 1 N–H and O–H groups in total. The molecule has 0 radical (unpaired) electrons. The van der Waals surface area contributed by atoms with Gasteiger partial charge in [0.05, 0.1) is 6.42 Å². The molecular weight excluding hydrogens is 291 g/mol. The second kappa shape index (κ2) is 8.44. The van der Waals surface area contributed by atoms with Crippen molar-refractivity contribution in [1.29, 1.82) is 0 Å². The third kappa shape index (κ3) is 5.83. The molecule has 0 fully saturated rings. The maximum atomic E-state index is 13.7. The number of rotatable bonds is 7. The first-order valence-electron chi connectivity index (χ1n) is 7.76. The van der Waals surface area contributed by atoms with Crippen molar-refractivity contribution in [3.63, 3.8) is 0 Å². The average Bonchev–Trinajstić information content (AvgIpc) is 2.50. The molecule has 0 heterocycles. The van der Waals surface area contributed by atoms with E-state index in [9.17, 15) is 9.18 Å². The summed E-state index contributed by atoms with van der Waals surface area (Å²) in [6, 6.07) is 16.4. The van der Waals surface area contributed by atoms with Gasteiger partial charge in [0.1, 0.15) is 5.82 Å². The van der Waals surface area contributed by atoms with Crippen molar-refractivity contribution in [3.05, 3.63) is 71.5 Å². The summed E-state index contributed by atoms with van der Waals surface area (Å²) >= 11 is 0. The molecule has 1 amide bonds. The highest BCUT2D eigenvalue weighted by molar-refractivity contribution is 5.79. The van der Waals surface area contributed by atoms with Gasteiger partial charge in [0, 0.05) is 12.6 Å². The average molecular weight is 314 g/mol. The SMILES string of the molecule is CN(C)CC(Cc1ccccc1)NC(=O)Cc1ccccc1F. The number of benzene rings is 2. The zero-order chi connectivity index (χ0) is 16.7.